The summed E-state index contributed by atoms with van der Waals surface area (Å²) in [5.74, 6) is -2.46. The zero-order valence-corrected chi connectivity index (χ0v) is 23.1. The van der Waals surface area contributed by atoms with E-state index < -0.39 is 35.4 Å². The van der Waals surface area contributed by atoms with E-state index in [1.165, 1.54) is 23.6 Å². The minimum Gasteiger partial charge on any atom is -0.345 e. The Balaban J connectivity index is 1.47. The molecular weight excluding hydrogens is 530 g/mol. The molecule has 2 aliphatic rings. The summed E-state index contributed by atoms with van der Waals surface area (Å²) in [4.78, 5) is 63.1. The quantitative estimate of drug-likeness (QED) is 0.386. The summed E-state index contributed by atoms with van der Waals surface area (Å²) in [7, 11) is 2.02. The molecule has 1 unspecified atom stereocenters. The highest BCUT2D eigenvalue weighted by molar-refractivity contribution is 7.13. The van der Waals surface area contributed by atoms with Crippen molar-refractivity contribution in [3.05, 3.63) is 38.9 Å². The number of nitrogens with two attached hydrogens (primary N) is 1. The van der Waals surface area contributed by atoms with Crippen LogP contribution in [0.15, 0.2) is 18.3 Å². The van der Waals surface area contributed by atoms with Gasteiger partial charge in [-0.1, -0.05) is 11.6 Å². The van der Waals surface area contributed by atoms with Crippen LogP contribution >= 0.6 is 22.9 Å². The van der Waals surface area contributed by atoms with Gasteiger partial charge in [-0.25, -0.2) is 9.97 Å². The van der Waals surface area contributed by atoms with Gasteiger partial charge in [-0.3, -0.25) is 19.2 Å². The summed E-state index contributed by atoms with van der Waals surface area (Å²) in [5, 5.41) is 8.86. The van der Waals surface area contributed by atoms with Gasteiger partial charge in [0, 0.05) is 42.5 Å². The summed E-state index contributed by atoms with van der Waals surface area (Å²) >= 11 is 7.16. The smallest absolute Gasteiger partial charge is 0.314 e. The van der Waals surface area contributed by atoms with Gasteiger partial charge in [-0.05, 0) is 52.3 Å². The maximum atomic E-state index is 13.2. The molecule has 0 aromatic carbocycles. The van der Waals surface area contributed by atoms with E-state index >= 15 is 0 Å². The van der Waals surface area contributed by atoms with Crippen molar-refractivity contribution < 1.29 is 19.2 Å². The number of hydrogen-bond donors (Lipinski definition) is 4. The summed E-state index contributed by atoms with van der Waals surface area (Å²) in [6, 6.07) is 1.86. The number of pyridine rings is 1. The van der Waals surface area contributed by atoms with E-state index in [0.717, 1.165) is 30.1 Å². The van der Waals surface area contributed by atoms with Crippen LogP contribution in [0.5, 0.6) is 0 Å². The second-order valence-electron chi connectivity index (χ2n) is 10.4. The summed E-state index contributed by atoms with van der Waals surface area (Å²) in [5.41, 5.74) is 5.97. The van der Waals surface area contributed by atoms with Gasteiger partial charge < -0.3 is 26.6 Å². The number of thiazole rings is 1. The number of nitrogens with one attached hydrogen (secondary N) is 3. The highest BCUT2D eigenvalue weighted by Gasteiger charge is 2.40. The maximum absolute atomic E-state index is 13.2. The molecule has 0 spiro atoms. The molecule has 1 saturated carbocycles. The molecule has 5 N–H and O–H groups in total. The lowest BCUT2D eigenvalue weighted by atomic mass is 9.76. The Kier molecular flexibility index (Phi) is 8.46. The first kappa shape index (κ1) is 28.1. The molecule has 2 aromatic rings. The Morgan fingerprint density at radius 2 is 1.89 bits per heavy atom. The predicted octanol–water partition coefficient (Wildman–Crippen LogP) is 1.51. The first-order chi connectivity index (χ1) is 17.9. The van der Waals surface area contributed by atoms with Gasteiger partial charge in [0.1, 0.15) is 5.82 Å². The predicted molar refractivity (Wildman–Crippen MR) is 144 cm³/mol. The van der Waals surface area contributed by atoms with Gasteiger partial charge in [-0.2, -0.15) is 0 Å². The fourth-order valence-corrected chi connectivity index (χ4v) is 5.98. The van der Waals surface area contributed by atoms with Crippen molar-refractivity contribution in [2.24, 2.45) is 11.7 Å². The van der Waals surface area contributed by atoms with Gasteiger partial charge in [0.25, 0.3) is 5.91 Å². The van der Waals surface area contributed by atoms with Crippen molar-refractivity contribution in [2.45, 2.75) is 63.7 Å². The van der Waals surface area contributed by atoms with Crippen molar-refractivity contribution in [1.29, 1.82) is 0 Å². The highest BCUT2D eigenvalue weighted by Crippen LogP contribution is 2.30. The molecule has 13 heteroatoms. The van der Waals surface area contributed by atoms with Gasteiger partial charge in [0.2, 0.25) is 0 Å². The normalized spacial score (nSPS) is 21.8. The average molecular weight is 562 g/mol. The molecule has 38 heavy (non-hydrogen) atoms. The van der Waals surface area contributed by atoms with Crippen molar-refractivity contribution in [3.63, 3.8) is 0 Å². The van der Waals surface area contributed by atoms with Crippen LogP contribution in [-0.4, -0.2) is 69.6 Å². The van der Waals surface area contributed by atoms with Crippen LogP contribution in [0.3, 0.4) is 0 Å². The molecule has 3 amide bonds. The highest BCUT2D eigenvalue weighted by atomic mass is 35.5. The fourth-order valence-electron chi connectivity index (χ4n) is 4.77. The molecular formula is C25H32ClN7O4S. The zero-order chi connectivity index (χ0) is 27.6. The number of ketones is 1. The topological polar surface area (TPSA) is 159 Å². The third-order valence-electron chi connectivity index (χ3n) is 6.78. The van der Waals surface area contributed by atoms with E-state index in [2.05, 4.69) is 30.8 Å². The molecule has 1 aliphatic heterocycles. The minimum atomic E-state index is -1.03. The number of anilines is 1. The molecule has 0 saturated heterocycles. The number of halogens is 1. The lowest BCUT2D eigenvalue weighted by Crippen LogP contribution is -2.58. The molecule has 0 radical (unpaired) electrons. The van der Waals surface area contributed by atoms with Crippen LogP contribution in [0.4, 0.5) is 5.82 Å². The number of likely N-dealkylation sites (N-methyl/N-ethyl adjacent to an activating group) is 1. The summed E-state index contributed by atoms with van der Waals surface area (Å²) in [6.45, 7) is 4.93. The van der Waals surface area contributed by atoms with E-state index in [1.54, 1.807) is 19.9 Å². The number of rotatable bonds is 6. The number of Topliss-reactive ketones (excluding diaryl/α,β-unsaturated/α-hetero) is 1. The van der Waals surface area contributed by atoms with E-state index in [0.29, 0.717) is 22.9 Å². The summed E-state index contributed by atoms with van der Waals surface area (Å²) < 4.78 is 0. The maximum Gasteiger partial charge on any atom is 0.314 e. The first-order valence-corrected chi connectivity index (χ1v) is 13.6. The largest absolute Gasteiger partial charge is 0.345 e. The van der Waals surface area contributed by atoms with Gasteiger partial charge in [-0.15, -0.1) is 11.3 Å². The second-order valence-corrected chi connectivity index (χ2v) is 12.0. The molecule has 2 aromatic heterocycles. The fraction of sp³-hybridized carbons (Fsp3) is 0.520. The number of fused-ring (bicyclic) bond motifs is 1. The van der Waals surface area contributed by atoms with Crippen LogP contribution in [0.1, 0.15) is 53.5 Å². The third kappa shape index (κ3) is 6.73. The Bertz CT molecular complexity index is 1230. The van der Waals surface area contributed by atoms with E-state index in [4.69, 9.17) is 17.3 Å². The number of carbonyl (C=O) groups is 4. The Morgan fingerprint density at radius 3 is 2.58 bits per heavy atom. The van der Waals surface area contributed by atoms with E-state index in [9.17, 15) is 19.2 Å². The number of nitrogens with zero attached hydrogens (tertiary/aromatic N) is 3. The average Bonchev–Trinajstić information content (AvgIpc) is 3.28. The lowest BCUT2D eigenvalue weighted by Gasteiger charge is -2.38. The first-order valence-electron chi connectivity index (χ1n) is 12.4. The molecule has 0 bridgehead atoms. The van der Waals surface area contributed by atoms with Crippen LogP contribution in [0.25, 0.3) is 0 Å². The number of amides is 3. The standard InChI is InChI=1S/C25H32ClN7O4S/c1-25(2,27)20(34)13-4-6-15(29-21(35)22(36)32-19-7-5-14(26)11-28-19)17(10-13)30-23(37)24-31-16-8-9-33(3)12-18(16)38-24/h5,7,11,13,15,17H,4,6,8-10,12,27H2,1-3H3,(H,29,35)(H,30,37)(H,28,32,36)/t13?,15-,17+/m0/s1. The SMILES string of the molecule is CN1CCc2nc(C(=O)N[C@@H]3CC(C(=O)C(C)(C)N)CC[C@@H]3NC(=O)C(=O)Nc3ccc(Cl)cn3)sc2C1. The van der Waals surface area contributed by atoms with Crippen LogP contribution in [-0.2, 0) is 27.3 Å². The zero-order valence-electron chi connectivity index (χ0n) is 21.5. The molecule has 3 atom stereocenters. The number of hydrogen-bond acceptors (Lipinski definition) is 9. The molecule has 3 heterocycles. The van der Waals surface area contributed by atoms with Crippen LogP contribution in [0, 0.1) is 5.92 Å². The lowest BCUT2D eigenvalue weighted by molar-refractivity contribution is -0.137. The van der Waals surface area contributed by atoms with E-state index in [-0.39, 0.29) is 23.9 Å². The Hall–Kier alpha value is -2.93. The van der Waals surface area contributed by atoms with Crippen molar-refractivity contribution in [3.8, 4) is 0 Å². The molecule has 1 aliphatic carbocycles. The van der Waals surface area contributed by atoms with Gasteiger partial charge in [0.15, 0.2) is 10.8 Å². The minimum absolute atomic E-state index is 0.110. The monoisotopic (exact) mass is 561 g/mol. The van der Waals surface area contributed by atoms with Crippen LogP contribution in [0.2, 0.25) is 5.02 Å². The van der Waals surface area contributed by atoms with Gasteiger partial charge in [0.05, 0.1) is 22.3 Å². The molecule has 1 fully saturated rings. The van der Waals surface area contributed by atoms with Crippen molar-refractivity contribution in [2.75, 3.05) is 18.9 Å². The van der Waals surface area contributed by atoms with Crippen molar-refractivity contribution in [1.82, 2.24) is 25.5 Å². The van der Waals surface area contributed by atoms with Crippen molar-refractivity contribution >= 4 is 52.3 Å². The Morgan fingerprint density at radius 1 is 1.13 bits per heavy atom. The Labute approximate surface area is 229 Å². The van der Waals surface area contributed by atoms with E-state index in [1.807, 2.05) is 7.05 Å². The summed E-state index contributed by atoms with van der Waals surface area (Å²) in [6.07, 6.45) is 3.26. The molecule has 204 valence electrons. The second kappa shape index (κ2) is 11.4. The third-order valence-corrected chi connectivity index (χ3v) is 8.09. The van der Waals surface area contributed by atoms with Crippen LogP contribution < -0.4 is 21.7 Å². The number of carbonyl (C=O) groups excluding carboxylic acids is 4. The molecule has 11 nitrogen and oxygen atoms in total. The van der Waals surface area contributed by atoms with Gasteiger partial charge >= 0.3 is 11.8 Å². The number of aromatic nitrogens is 2. The molecule has 4 rings (SSSR count).